The zero-order valence-electron chi connectivity index (χ0n) is 29.3. The molecular formula is C36H45F3N4O7. The van der Waals surface area contributed by atoms with Crippen LogP contribution in [0.25, 0.3) is 11.1 Å². The molecular weight excluding hydrogens is 657 g/mol. The Bertz CT molecular complexity index is 1700. The van der Waals surface area contributed by atoms with E-state index in [0.717, 1.165) is 18.4 Å². The van der Waals surface area contributed by atoms with E-state index in [9.17, 15) is 27.6 Å². The van der Waals surface area contributed by atoms with Crippen molar-refractivity contribution in [2.75, 3.05) is 36.5 Å². The van der Waals surface area contributed by atoms with Crippen molar-refractivity contribution in [1.29, 1.82) is 0 Å². The highest BCUT2D eigenvalue weighted by molar-refractivity contribution is 6.12. The number of esters is 1. The Balaban J connectivity index is 1.46. The number of hydrogen-bond donors (Lipinski definition) is 1. The molecule has 1 amide bonds. The topological polar surface area (TPSA) is 133 Å². The number of amides is 1. The SMILES string of the molecule is CC(C)(C)OC(=O)C[C@H]1C[C@@H](C(F)(F)F)CN(c2ccncc2CC(=O)c2c(NC(=O)OC(C)(C)C)oc3cc(C4CCOCC4)cnc23)C1. The second-order valence-electron chi connectivity index (χ2n) is 15.1. The summed E-state index contributed by atoms with van der Waals surface area (Å²) in [5, 5.41) is 2.56. The number of alkyl halides is 3. The zero-order chi connectivity index (χ0) is 36.4. The summed E-state index contributed by atoms with van der Waals surface area (Å²) in [4.78, 5) is 50.0. The summed E-state index contributed by atoms with van der Waals surface area (Å²) in [6, 6.07) is 3.37. The fourth-order valence-corrected chi connectivity index (χ4v) is 6.52. The van der Waals surface area contributed by atoms with E-state index in [-0.39, 0.29) is 55.2 Å². The van der Waals surface area contributed by atoms with E-state index in [0.29, 0.717) is 30.0 Å². The molecule has 14 heteroatoms. The quantitative estimate of drug-likeness (QED) is 0.185. The fraction of sp³-hybridized carbons (Fsp3) is 0.583. The van der Waals surface area contributed by atoms with Crippen LogP contribution in [-0.4, -0.2) is 71.5 Å². The van der Waals surface area contributed by atoms with Gasteiger partial charge in [0.2, 0.25) is 5.88 Å². The lowest BCUT2D eigenvalue weighted by Crippen LogP contribution is -2.47. The number of pyridine rings is 2. The van der Waals surface area contributed by atoms with E-state index in [2.05, 4.69) is 15.3 Å². The van der Waals surface area contributed by atoms with E-state index in [1.165, 1.54) is 12.4 Å². The van der Waals surface area contributed by atoms with Crippen LogP contribution in [-0.2, 0) is 25.4 Å². The van der Waals surface area contributed by atoms with Crippen LogP contribution in [0.1, 0.15) is 94.6 Å². The van der Waals surface area contributed by atoms with Crippen LogP contribution in [0.5, 0.6) is 0 Å². The van der Waals surface area contributed by atoms with Gasteiger partial charge in [0.05, 0.1) is 12.3 Å². The molecule has 2 aliphatic heterocycles. The van der Waals surface area contributed by atoms with E-state index in [1.807, 2.05) is 0 Å². The first-order valence-corrected chi connectivity index (χ1v) is 16.9. The van der Waals surface area contributed by atoms with Crippen LogP contribution < -0.4 is 10.2 Å². The smallest absolute Gasteiger partial charge is 0.414 e. The van der Waals surface area contributed by atoms with E-state index >= 15 is 0 Å². The maximum atomic E-state index is 14.2. The third-order valence-corrected chi connectivity index (χ3v) is 8.58. The third-order valence-electron chi connectivity index (χ3n) is 8.58. The summed E-state index contributed by atoms with van der Waals surface area (Å²) in [7, 11) is 0. The van der Waals surface area contributed by atoms with Gasteiger partial charge in [-0.15, -0.1) is 0 Å². The van der Waals surface area contributed by atoms with Crippen molar-refractivity contribution in [2.24, 2.45) is 11.8 Å². The van der Waals surface area contributed by atoms with Crippen LogP contribution in [0.3, 0.4) is 0 Å². The Morgan fingerprint density at radius 2 is 1.70 bits per heavy atom. The van der Waals surface area contributed by atoms with Gasteiger partial charge in [-0.05, 0) is 90.3 Å². The molecule has 0 radical (unpaired) electrons. The highest BCUT2D eigenvalue weighted by Crippen LogP contribution is 2.40. The molecule has 3 aromatic rings. The number of carbonyl (C=O) groups excluding carboxylic acids is 3. The first-order chi connectivity index (χ1) is 23.4. The van der Waals surface area contributed by atoms with Gasteiger partial charge in [-0.3, -0.25) is 24.9 Å². The second-order valence-corrected chi connectivity index (χ2v) is 15.1. The summed E-state index contributed by atoms with van der Waals surface area (Å²) < 4.78 is 64.9. The maximum absolute atomic E-state index is 14.2. The van der Waals surface area contributed by atoms with Gasteiger partial charge in [0.15, 0.2) is 11.4 Å². The van der Waals surface area contributed by atoms with E-state index in [1.54, 1.807) is 64.8 Å². The molecule has 0 spiro atoms. The summed E-state index contributed by atoms with van der Waals surface area (Å²) >= 11 is 0. The number of furan rings is 1. The van der Waals surface area contributed by atoms with Gasteiger partial charge < -0.3 is 23.5 Å². The molecule has 0 bridgehead atoms. The van der Waals surface area contributed by atoms with Gasteiger partial charge in [0.1, 0.15) is 22.3 Å². The van der Waals surface area contributed by atoms with Crippen LogP contribution in [0.4, 0.5) is 29.5 Å². The summed E-state index contributed by atoms with van der Waals surface area (Å²) in [5.41, 5.74) is 0.602. The molecule has 2 aliphatic rings. The Morgan fingerprint density at radius 1 is 1.00 bits per heavy atom. The lowest BCUT2D eigenvalue weighted by Gasteiger charge is -2.40. The number of anilines is 2. The standard InChI is InChI=1S/C36H45F3N4O7/c1-34(2,3)49-29(45)14-21-13-25(36(37,38)39)20-43(19-21)26-7-10-40-17-24(26)15-27(44)30-31-28(48-32(30)42-33(46)50-35(4,5)6)16-23(18-41-31)22-8-11-47-12-9-22/h7,10,16-18,21-22,25H,8-9,11-15,19-20H2,1-6H3,(H,42,46)/t21-,25-/m1/s1. The van der Waals surface area contributed by atoms with Gasteiger partial charge in [-0.1, -0.05) is 0 Å². The number of piperidine rings is 1. The van der Waals surface area contributed by atoms with Crippen molar-refractivity contribution >= 4 is 40.5 Å². The number of Topliss-reactive ketones (excluding diaryl/α,β-unsaturated/α-hetero) is 1. The molecule has 2 saturated heterocycles. The van der Waals surface area contributed by atoms with Gasteiger partial charge in [0.25, 0.3) is 0 Å². The van der Waals surface area contributed by atoms with Crippen molar-refractivity contribution in [3.8, 4) is 0 Å². The Labute approximate surface area is 289 Å². The van der Waals surface area contributed by atoms with Crippen molar-refractivity contribution in [2.45, 2.75) is 96.9 Å². The lowest BCUT2D eigenvalue weighted by atomic mass is 9.86. The lowest BCUT2D eigenvalue weighted by molar-refractivity contribution is -0.181. The molecule has 3 aromatic heterocycles. The number of rotatable bonds is 8. The number of fused-ring (bicyclic) bond motifs is 1. The summed E-state index contributed by atoms with van der Waals surface area (Å²) in [6.45, 7) is 11.2. The minimum Gasteiger partial charge on any atom is -0.460 e. The first-order valence-electron chi connectivity index (χ1n) is 16.9. The number of carbonyl (C=O) groups is 3. The van der Waals surface area contributed by atoms with E-state index < -0.39 is 47.1 Å². The normalized spacial score (nSPS) is 19.3. The van der Waals surface area contributed by atoms with Gasteiger partial charge in [-0.25, -0.2) is 4.79 Å². The predicted molar refractivity (Wildman–Crippen MR) is 179 cm³/mol. The molecule has 2 fully saturated rings. The Hall–Kier alpha value is -4.20. The monoisotopic (exact) mass is 702 g/mol. The highest BCUT2D eigenvalue weighted by atomic mass is 19.4. The largest absolute Gasteiger partial charge is 0.460 e. The summed E-state index contributed by atoms with van der Waals surface area (Å²) in [6.07, 6.45) is 0.164. The number of ether oxygens (including phenoxy) is 3. The Morgan fingerprint density at radius 3 is 2.36 bits per heavy atom. The molecule has 0 unspecified atom stereocenters. The molecule has 0 aliphatic carbocycles. The van der Waals surface area contributed by atoms with Crippen LogP contribution >= 0.6 is 0 Å². The fourth-order valence-electron chi connectivity index (χ4n) is 6.52. The highest BCUT2D eigenvalue weighted by Gasteiger charge is 2.45. The van der Waals surface area contributed by atoms with E-state index in [4.69, 9.17) is 18.6 Å². The second kappa shape index (κ2) is 14.6. The maximum Gasteiger partial charge on any atom is 0.414 e. The number of halogens is 3. The third kappa shape index (κ3) is 9.52. The zero-order valence-corrected chi connectivity index (χ0v) is 29.3. The molecule has 5 heterocycles. The van der Waals surface area contributed by atoms with Crippen molar-refractivity contribution < 1.29 is 46.2 Å². The summed E-state index contributed by atoms with van der Waals surface area (Å²) in [5.74, 6) is -3.36. The molecule has 0 saturated carbocycles. The number of nitrogens with one attached hydrogen (secondary N) is 1. The number of ketones is 1. The van der Waals surface area contributed by atoms with Gasteiger partial charge in [0, 0.05) is 62.6 Å². The molecule has 5 rings (SSSR count). The number of nitrogens with zero attached hydrogens (tertiary/aromatic N) is 3. The molecule has 0 aromatic carbocycles. The molecule has 2 atom stereocenters. The predicted octanol–water partition coefficient (Wildman–Crippen LogP) is 7.63. The Kier molecular flexibility index (Phi) is 10.8. The molecule has 50 heavy (non-hydrogen) atoms. The van der Waals surface area contributed by atoms with Crippen molar-refractivity contribution in [3.63, 3.8) is 0 Å². The average molecular weight is 703 g/mol. The van der Waals surface area contributed by atoms with Crippen molar-refractivity contribution in [3.05, 3.63) is 47.4 Å². The first kappa shape index (κ1) is 37.1. The van der Waals surface area contributed by atoms with Crippen LogP contribution in [0, 0.1) is 11.8 Å². The molecule has 11 nitrogen and oxygen atoms in total. The molecule has 272 valence electrons. The van der Waals surface area contributed by atoms with Crippen LogP contribution in [0.2, 0.25) is 0 Å². The van der Waals surface area contributed by atoms with Crippen molar-refractivity contribution in [1.82, 2.24) is 9.97 Å². The van der Waals surface area contributed by atoms with Crippen LogP contribution in [0.15, 0.2) is 35.1 Å². The average Bonchev–Trinajstić information content (AvgIpc) is 3.36. The van der Waals surface area contributed by atoms with Gasteiger partial charge in [-0.2, -0.15) is 13.2 Å². The minimum atomic E-state index is -4.50. The number of hydrogen-bond acceptors (Lipinski definition) is 10. The molecule has 1 N–H and O–H groups in total. The van der Waals surface area contributed by atoms with Gasteiger partial charge >= 0.3 is 18.2 Å². The minimum absolute atomic E-state index is 0.00815. The number of aromatic nitrogens is 2.